The quantitative estimate of drug-likeness (QED) is 0.550. The van der Waals surface area contributed by atoms with Crippen LogP contribution in [0.15, 0.2) is 23.2 Å². The summed E-state index contributed by atoms with van der Waals surface area (Å²) in [4.78, 5) is 4.36. The lowest BCUT2D eigenvalue weighted by Crippen LogP contribution is -1.91. The molecule has 1 rings (SSSR count). The Hall–Kier alpha value is -0.210. The molecule has 12 heavy (non-hydrogen) atoms. The normalized spacial score (nSPS) is 10.7. The Bertz CT molecular complexity index is 250. The van der Waals surface area contributed by atoms with Crippen LogP contribution >= 0.6 is 23.4 Å². The van der Waals surface area contributed by atoms with Gasteiger partial charge in [-0.25, -0.2) is 4.98 Å². The Kier molecular flexibility index (Phi) is 3.89. The van der Waals surface area contributed by atoms with Crippen LogP contribution in [0, 0.1) is 0 Å². The minimum absolute atomic E-state index is 0.493. The molecule has 0 fully saturated rings. The summed E-state index contributed by atoms with van der Waals surface area (Å²) < 4.78 is 0. The van der Waals surface area contributed by atoms with Gasteiger partial charge in [-0.1, -0.05) is 19.9 Å². The molecule has 0 saturated heterocycles. The van der Waals surface area contributed by atoms with E-state index in [-0.39, 0.29) is 0 Å². The van der Waals surface area contributed by atoms with Gasteiger partial charge in [-0.05, 0) is 12.1 Å². The van der Waals surface area contributed by atoms with E-state index < -0.39 is 0 Å². The Labute approximate surface area is 82.5 Å². The first kappa shape index (κ1) is 9.87. The number of pyridine rings is 1. The molecule has 0 spiro atoms. The van der Waals surface area contributed by atoms with Crippen LogP contribution < -0.4 is 0 Å². The third kappa shape index (κ3) is 3.03. The molecule has 0 aliphatic heterocycles. The summed E-state index contributed by atoms with van der Waals surface area (Å²) in [5.74, 6) is 0.493. The van der Waals surface area contributed by atoms with Gasteiger partial charge < -0.3 is 0 Å². The maximum atomic E-state index is 5.66. The van der Waals surface area contributed by atoms with E-state index in [1.165, 1.54) is 0 Å². The van der Waals surface area contributed by atoms with Crippen LogP contribution in [-0.4, -0.2) is 10.2 Å². The standard InChI is InChI=1S/C9H12ClNS/c1-7(2)12-9-5-3-4-8(6-10)11-9/h3-5,7H,6H2,1-2H3. The Morgan fingerprint density at radius 1 is 1.50 bits per heavy atom. The molecule has 0 bridgehead atoms. The van der Waals surface area contributed by atoms with Crippen molar-refractivity contribution in [1.29, 1.82) is 0 Å². The van der Waals surface area contributed by atoms with Gasteiger partial charge in [0, 0.05) is 5.25 Å². The molecule has 0 aromatic carbocycles. The molecule has 0 unspecified atom stereocenters. The van der Waals surface area contributed by atoms with Crippen LogP contribution in [0.3, 0.4) is 0 Å². The summed E-state index contributed by atoms with van der Waals surface area (Å²) in [6, 6.07) is 5.95. The van der Waals surface area contributed by atoms with Gasteiger partial charge in [-0.2, -0.15) is 0 Å². The molecule has 0 N–H and O–H groups in total. The van der Waals surface area contributed by atoms with Gasteiger partial charge in [-0.15, -0.1) is 23.4 Å². The van der Waals surface area contributed by atoms with Crippen LogP contribution in [0.4, 0.5) is 0 Å². The van der Waals surface area contributed by atoms with Gasteiger partial charge in [0.05, 0.1) is 16.6 Å². The van der Waals surface area contributed by atoms with Gasteiger partial charge in [0.15, 0.2) is 0 Å². The molecule has 0 amide bonds. The zero-order valence-corrected chi connectivity index (χ0v) is 8.82. The Morgan fingerprint density at radius 2 is 2.25 bits per heavy atom. The van der Waals surface area contributed by atoms with Gasteiger partial charge in [0.1, 0.15) is 0 Å². The molecular formula is C9H12ClNS. The van der Waals surface area contributed by atoms with Crippen molar-refractivity contribution < 1.29 is 0 Å². The molecule has 1 aromatic rings. The number of halogens is 1. The molecule has 1 nitrogen and oxygen atoms in total. The first-order valence-corrected chi connectivity index (χ1v) is 5.32. The van der Waals surface area contributed by atoms with Crippen molar-refractivity contribution in [3.63, 3.8) is 0 Å². The van der Waals surface area contributed by atoms with Crippen molar-refractivity contribution >= 4 is 23.4 Å². The predicted octanol–water partition coefficient (Wildman–Crippen LogP) is 3.32. The average molecular weight is 202 g/mol. The van der Waals surface area contributed by atoms with E-state index >= 15 is 0 Å². The highest BCUT2D eigenvalue weighted by molar-refractivity contribution is 7.99. The molecule has 1 aromatic heterocycles. The molecule has 66 valence electrons. The smallest absolute Gasteiger partial charge is 0.0966 e. The first-order chi connectivity index (χ1) is 5.72. The van der Waals surface area contributed by atoms with E-state index in [0.717, 1.165) is 10.7 Å². The molecule has 1 heterocycles. The third-order valence-electron chi connectivity index (χ3n) is 1.27. The minimum Gasteiger partial charge on any atom is -0.245 e. The van der Waals surface area contributed by atoms with Crippen molar-refractivity contribution in [3.8, 4) is 0 Å². The van der Waals surface area contributed by atoms with Crippen LogP contribution in [0.25, 0.3) is 0 Å². The largest absolute Gasteiger partial charge is 0.245 e. The lowest BCUT2D eigenvalue weighted by molar-refractivity contribution is 1.03. The molecule has 0 aliphatic carbocycles. The summed E-state index contributed by atoms with van der Waals surface area (Å²) in [5, 5.41) is 1.63. The Morgan fingerprint density at radius 3 is 2.83 bits per heavy atom. The second-order valence-electron chi connectivity index (χ2n) is 2.77. The lowest BCUT2D eigenvalue weighted by Gasteiger charge is -2.04. The van der Waals surface area contributed by atoms with Crippen molar-refractivity contribution in [2.75, 3.05) is 0 Å². The predicted molar refractivity (Wildman–Crippen MR) is 54.8 cm³/mol. The summed E-state index contributed by atoms with van der Waals surface area (Å²) in [6.07, 6.45) is 0. The van der Waals surface area contributed by atoms with E-state index in [1.54, 1.807) is 11.8 Å². The number of nitrogens with zero attached hydrogens (tertiary/aromatic N) is 1. The fraction of sp³-hybridized carbons (Fsp3) is 0.444. The van der Waals surface area contributed by atoms with E-state index in [2.05, 4.69) is 18.8 Å². The number of hydrogen-bond acceptors (Lipinski definition) is 2. The minimum atomic E-state index is 0.493. The SMILES string of the molecule is CC(C)Sc1cccc(CCl)n1. The molecule has 0 atom stereocenters. The highest BCUT2D eigenvalue weighted by Gasteiger charge is 1.99. The van der Waals surface area contributed by atoms with Crippen molar-refractivity contribution in [1.82, 2.24) is 4.98 Å². The van der Waals surface area contributed by atoms with Gasteiger partial charge in [0.2, 0.25) is 0 Å². The van der Waals surface area contributed by atoms with Crippen LogP contribution in [0.1, 0.15) is 19.5 Å². The topological polar surface area (TPSA) is 12.9 Å². The van der Waals surface area contributed by atoms with E-state index in [9.17, 15) is 0 Å². The van der Waals surface area contributed by atoms with Crippen molar-refractivity contribution in [2.24, 2.45) is 0 Å². The maximum absolute atomic E-state index is 5.66. The number of hydrogen-bond donors (Lipinski definition) is 0. The van der Waals surface area contributed by atoms with Gasteiger partial charge >= 0.3 is 0 Å². The van der Waals surface area contributed by atoms with Crippen LogP contribution in [0.2, 0.25) is 0 Å². The van der Waals surface area contributed by atoms with Gasteiger partial charge in [-0.3, -0.25) is 0 Å². The number of aromatic nitrogens is 1. The fourth-order valence-electron chi connectivity index (χ4n) is 0.839. The number of rotatable bonds is 3. The van der Waals surface area contributed by atoms with E-state index in [0.29, 0.717) is 11.1 Å². The molecule has 0 radical (unpaired) electrons. The second-order valence-corrected chi connectivity index (χ2v) is 4.63. The summed E-state index contributed by atoms with van der Waals surface area (Å²) in [7, 11) is 0. The highest BCUT2D eigenvalue weighted by Crippen LogP contribution is 2.20. The van der Waals surface area contributed by atoms with Crippen LogP contribution in [0.5, 0.6) is 0 Å². The van der Waals surface area contributed by atoms with Crippen LogP contribution in [-0.2, 0) is 5.88 Å². The zero-order chi connectivity index (χ0) is 8.97. The maximum Gasteiger partial charge on any atom is 0.0966 e. The summed E-state index contributed by atoms with van der Waals surface area (Å²) >= 11 is 7.42. The summed E-state index contributed by atoms with van der Waals surface area (Å²) in [6.45, 7) is 4.30. The molecule has 0 saturated carbocycles. The molecule has 0 aliphatic rings. The van der Waals surface area contributed by atoms with Crippen molar-refractivity contribution in [3.05, 3.63) is 23.9 Å². The van der Waals surface area contributed by atoms with Crippen molar-refractivity contribution in [2.45, 2.75) is 30.0 Å². The highest BCUT2D eigenvalue weighted by atomic mass is 35.5. The average Bonchev–Trinajstić information content (AvgIpc) is 2.03. The number of thioether (sulfide) groups is 1. The third-order valence-corrected chi connectivity index (χ3v) is 2.49. The van der Waals surface area contributed by atoms with Gasteiger partial charge in [0.25, 0.3) is 0 Å². The molecular weight excluding hydrogens is 190 g/mol. The zero-order valence-electron chi connectivity index (χ0n) is 7.25. The lowest BCUT2D eigenvalue weighted by atomic mass is 10.4. The monoisotopic (exact) mass is 201 g/mol. The second kappa shape index (κ2) is 4.73. The van der Waals surface area contributed by atoms with E-state index in [4.69, 9.17) is 11.6 Å². The summed E-state index contributed by atoms with van der Waals surface area (Å²) in [5.41, 5.74) is 0.947. The molecule has 3 heteroatoms. The Balaban J connectivity index is 2.72. The first-order valence-electron chi connectivity index (χ1n) is 3.91. The fourth-order valence-corrected chi connectivity index (χ4v) is 1.80. The van der Waals surface area contributed by atoms with E-state index in [1.807, 2.05) is 18.2 Å². The number of alkyl halides is 1.